The maximum Gasteiger partial charge on any atom is 0.267 e. The average Bonchev–Trinajstić information content (AvgIpc) is 2.79. The molecule has 6 heteroatoms. The van der Waals surface area contributed by atoms with Gasteiger partial charge in [-0.3, -0.25) is 9.00 Å². The number of rotatable bonds is 5. The van der Waals surface area contributed by atoms with Crippen LogP contribution in [0.2, 0.25) is 0 Å². The summed E-state index contributed by atoms with van der Waals surface area (Å²) < 4.78 is 11.0. The van der Waals surface area contributed by atoms with Crippen molar-refractivity contribution in [3.63, 3.8) is 0 Å². The van der Waals surface area contributed by atoms with Gasteiger partial charge in [0.1, 0.15) is 5.69 Å². The molecule has 1 aromatic heterocycles. The molecule has 2 rings (SSSR count). The Labute approximate surface area is 120 Å². The lowest BCUT2D eigenvalue weighted by Crippen LogP contribution is -2.33. The molecule has 0 saturated heterocycles. The molecule has 0 bridgehead atoms. The smallest absolute Gasteiger partial charge is 0.267 e. The number of H-pyrrole nitrogens is 1. The first-order valence-corrected chi connectivity index (χ1v) is 8.17. The number of anilines is 1. The van der Waals surface area contributed by atoms with Crippen LogP contribution in [-0.4, -0.2) is 33.2 Å². The van der Waals surface area contributed by atoms with Gasteiger partial charge in [0, 0.05) is 45.4 Å². The number of hydrogen-bond donors (Lipinski definition) is 3. The van der Waals surface area contributed by atoms with Gasteiger partial charge in [0.2, 0.25) is 0 Å². The van der Waals surface area contributed by atoms with Gasteiger partial charge in [-0.25, -0.2) is 0 Å². The standard InChI is InChI=1S/C14H19N3O2S/c1-9(5-6-20(2)19)16-14(18)13-8-10-7-11(15)3-4-12(10)17-13/h3-4,7-9,17H,5-6,15H2,1-2H3,(H,16,18). The average molecular weight is 293 g/mol. The highest BCUT2D eigenvalue weighted by Gasteiger charge is 2.12. The van der Waals surface area contributed by atoms with Crippen LogP contribution in [-0.2, 0) is 10.8 Å². The number of benzene rings is 1. The van der Waals surface area contributed by atoms with E-state index in [1.807, 2.05) is 19.1 Å². The summed E-state index contributed by atoms with van der Waals surface area (Å²) in [6, 6.07) is 7.24. The molecule has 2 atom stereocenters. The van der Waals surface area contributed by atoms with Crippen molar-refractivity contribution in [3.05, 3.63) is 30.0 Å². The molecule has 2 unspecified atom stereocenters. The number of carbonyl (C=O) groups excluding carboxylic acids is 1. The van der Waals surface area contributed by atoms with Crippen molar-refractivity contribution < 1.29 is 9.00 Å². The third kappa shape index (κ3) is 3.60. The molecule has 0 aliphatic heterocycles. The van der Waals surface area contributed by atoms with Crippen molar-refractivity contribution in [1.82, 2.24) is 10.3 Å². The first-order chi connectivity index (χ1) is 9.45. The maximum absolute atomic E-state index is 12.1. The van der Waals surface area contributed by atoms with Crippen LogP contribution in [0.25, 0.3) is 10.9 Å². The second-order valence-electron chi connectivity index (χ2n) is 4.97. The van der Waals surface area contributed by atoms with Crippen molar-refractivity contribution in [2.45, 2.75) is 19.4 Å². The van der Waals surface area contributed by atoms with Crippen molar-refractivity contribution in [3.8, 4) is 0 Å². The summed E-state index contributed by atoms with van der Waals surface area (Å²) in [6.07, 6.45) is 2.36. The Bertz CT molecular complexity index is 651. The summed E-state index contributed by atoms with van der Waals surface area (Å²) >= 11 is 0. The number of carbonyl (C=O) groups is 1. The predicted octanol–water partition coefficient (Wildman–Crippen LogP) is 1.64. The minimum Gasteiger partial charge on any atom is -0.399 e. The first-order valence-electron chi connectivity index (χ1n) is 6.45. The fourth-order valence-corrected chi connectivity index (χ4v) is 2.68. The molecule has 0 radical (unpaired) electrons. The molecule has 5 nitrogen and oxygen atoms in total. The van der Waals surface area contributed by atoms with Gasteiger partial charge in [0.15, 0.2) is 0 Å². The van der Waals surface area contributed by atoms with Gasteiger partial charge in [0.25, 0.3) is 5.91 Å². The Kier molecular flexibility index (Phi) is 4.44. The lowest BCUT2D eigenvalue weighted by Gasteiger charge is -2.12. The van der Waals surface area contributed by atoms with Crippen LogP contribution in [0, 0.1) is 0 Å². The molecule has 0 saturated carbocycles. The Balaban J connectivity index is 2.05. The van der Waals surface area contributed by atoms with Crippen LogP contribution in [0.3, 0.4) is 0 Å². The molecule has 0 fully saturated rings. The molecular formula is C14H19N3O2S. The van der Waals surface area contributed by atoms with E-state index >= 15 is 0 Å². The van der Waals surface area contributed by atoms with Gasteiger partial charge in [-0.05, 0) is 37.6 Å². The number of nitrogens with one attached hydrogen (secondary N) is 2. The van der Waals surface area contributed by atoms with Gasteiger partial charge >= 0.3 is 0 Å². The van der Waals surface area contributed by atoms with Crippen LogP contribution >= 0.6 is 0 Å². The molecule has 1 heterocycles. The predicted molar refractivity (Wildman–Crippen MR) is 83.2 cm³/mol. The largest absolute Gasteiger partial charge is 0.399 e. The molecule has 0 spiro atoms. The van der Waals surface area contributed by atoms with Crippen molar-refractivity contribution in [2.75, 3.05) is 17.7 Å². The Morgan fingerprint density at radius 1 is 1.45 bits per heavy atom. The summed E-state index contributed by atoms with van der Waals surface area (Å²) in [4.78, 5) is 15.2. The zero-order valence-corrected chi connectivity index (χ0v) is 12.4. The number of aromatic amines is 1. The number of fused-ring (bicyclic) bond motifs is 1. The van der Waals surface area contributed by atoms with E-state index in [-0.39, 0.29) is 11.9 Å². The Morgan fingerprint density at radius 2 is 2.20 bits per heavy atom. The lowest BCUT2D eigenvalue weighted by molar-refractivity contribution is 0.0935. The Hall–Kier alpha value is -1.82. The molecule has 1 amide bonds. The van der Waals surface area contributed by atoms with E-state index in [1.54, 1.807) is 18.4 Å². The van der Waals surface area contributed by atoms with E-state index in [4.69, 9.17) is 5.73 Å². The number of aromatic nitrogens is 1. The molecule has 2 aromatic rings. The van der Waals surface area contributed by atoms with Crippen molar-refractivity contribution in [2.24, 2.45) is 0 Å². The SMILES string of the molecule is CC(CCS(C)=O)NC(=O)c1cc2cc(N)ccc2[nH]1. The minimum absolute atomic E-state index is 0.0112. The van der Waals surface area contributed by atoms with E-state index in [2.05, 4.69) is 10.3 Å². The van der Waals surface area contributed by atoms with E-state index in [0.29, 0.717) is 23.6 Å². The zero-order chi connectivity index (χ0) is 14.7. The molecule has 20 heavy (non-hydrogen) atoms. The van der Waals surface area contributed by atoms with Crippen LogP contribution in [0.1, 0.15) is 23.8 Å². The Morgan fingerprint density at radius 3 is 2.90 bits per heavy atom. The summed E-state index contributed by atoms with van der Waals surface area (Å²) in [5.41, 5.74) is 7.77. The highest BCUT2D eigenvalue weighted by Crippen LogP contribution is 2.18. The molecule has 4 N–H and O–H groups in total. The van der Waals surface area contributed by atoms with Gasteiger partial charge in [0.05, 0.1) is 0 Å². The van der Waals surface area contributed by atoms with E-state index in [1.165, 1.54) is 0 Å². The number of nitrogen functional groups attached to an aromatic ring is 1. The normalized spacial score (nSPS) is 14.1. The highest BCUT2D eigenvalue weighted by atomic mass is 32.2. The maximum atomic E-state index is 12.1. The van der Waals surface area contributed by atoms with E-state index in [9.17, 15) is 9.00 Å². The molecule has 1 aromatic carbocycles. The summed E-state index contributed by atoms with van der Waals surface area (Å²) in [7, 11) is -0.834. The van der Waals surface area contributed by atoms with Crippen molar-refractivity contribution >= 4 is 33.3 Å². The van der Waals surface area contributed by atoms with Crippen LogP contribution < -0.4 is 11.1 Å². The summed E-state index contributed by atoms with van der Waals surface area (Å²) in [5, 5.41) is 3.81. The number of nitrogens with two attached hydrogens (primary N) is 1. The number of hydrogen-bond acceptors (Lipinski definition) is 3. The fourth-order valence-electron chi connectivity index (χ4n) is 1.99. The lowest BCUT2D eigenvalue weighted by atomic mass is 10.2. The first kappa shape index (κ1) is 14.6. The second kappa shape index (κ2) is 6.09. The number of amides is 1. The van der Waals surface area contributed by atoms with Gasteiger partial charge in [-0.2, -0.15) is 0 Å². The summed E-state index contributed by atoms with van der Waals surface area (Å²) in [5.74, 6) is 0.430. The summed E-state index contributed by atoms with van der Waals surface area (Å²) in [6.45, 7) is 1.91. The van der Waals surface area contributed by atoms with Crippen LogP contribution in [0.5, 0.6) is 0 Å². The van der Waals surface area contributed by atoms with Gasteiger partial charge < -0.3 is 16.0 Å². The zero-order valence-electron chi connectivity index (χ0n) is 11.6. The topological polar surface area (TPSA) is 88.0 Å². The van der Waals surface area contributed by atoms with E-state index in [0.717, 1.165) is 10.9 Å². The van der Waals surface area contributed by atoms with Crippen LogP contribution in [0.4, 0.5) is 5.69 Å². The monoisotopic (exact) mass is 293 g/mol. The highest BCUT2D eigenvalue weighted by molar-refractivity contribution is 7.84. The molecule has 0 aliphatic rings. The molecular weight excluding hydrogens is 274 g/mol. The minimum atomic E-state index is -0.834. The fraction of sp³-hybridized carbons (Fsp3) is 0.357. The van der Waals surface area contributed by atoms with Crippen molar-refractivity contribution in [1.29, 1.82) is 0 Å². The molecule has 0 aliphatic carbocycles. The second-order valence-corrected chi connectivity index (χ2v) is 6.52. The molecule has 108 valence electrons. The van der Waals surface area contributed by atoms with Crippen LogP contribution in [0.15, 0.2) is 24.3 Å². The van der Waals surface area contributed by atoms with Gasteiger partial charge in [-0.15, -0.1) is 0 Å². The third-order valence-electron chi connectivity index (χ3n) is 3.11. The third-order valence-corrected chi connectivity index (χ3v) is 3.92. The quantitative estimate of drug-likeness (QED) is 0.732. The van der Waals surface area contributed by atoms with Gasteiger partial charge in [-0.1, -0.05) is 0 Å². The van der Waals surface area contributed by atoms with E-state index < -0.39 is 10.8 Å².